The fourth-order valence-corrected chi connectivity index (χ4v) is 3.66. The number of nitrogens with zero attached hydrogens (tertiary/aromatic N) is 4. The normalized spacial score (nSPS) is 18.3. The largest absolute Gasteiger partial charge is 0.465 e. The number of piperazine rings is 1. The second-order valence-electron chi connectivity index (χ2n) is 7.66. The van der Waals surface area contributed by atoms with Crippen LogP contribution in [0.15, 0.2) is 29.5 Å². The van der Waals surface area contributed by atoms with Crippen molar-refractivity contribution in [2.45, 2.75) is 37.7 Å². The maximum absolute atomic E-state index is 13.1. The van der Waals surface area contributed by atoms with Gasteiger partial charge in [-0.25, -0.2) is 14.8 Å². The molecule has 2 atom stereocenters. The summed E-state index contributed by atoms with van der Waals surface area (Å²) in [7, 11) is 0. The van der Waals surface area contributed by atoms with Crippen LogP contribution >= 0.6 is 0 Å². The molecule has 2 unspecified atom stereocenters. The van der Waals surface area contributed by atoms with Gasteiger partial charge in [0.25, 0.3) is 5.56 Å². The number of carbonyl (C=O) groups is 1. The third-order valence-corrected chi connectivity index (χ3v) is 5.40. The van der Waals surface area contributed by atoms with E-state index in [9.17, 15) is 41.0 Å². The van der Waals surface area contributed by atoms with Gasteiger partial charge in [-0.2, -0.15) is 26.3 Å². The fourth-order valence-electron chi connectivity index (χ4n) is 3.66. The fraction of sp³-hybridized carbons (Fsp3) is 0.474. The van der Waals surface area contributed by atoms with Crippen LogP contribution < -0.4 is 10.5 Å². The Morgan fingerprint density at radius 2 is 1.82 bits per heavy atom. The molecule has 2 N–H and O–H groups in total. The first kappa shape index (κ1) is 24.3. The number of aromatic amines is 1. The molecule has 0 aromatic carbocycles. The number of anilines is 1. The smallest absolute Gasteiger partial charge is 0.421 e. The molecule has 0 spiro atoms. The van der Waals surface area contributed by atoms with E-state index in [1.54, 1.807) is 6.92 Å². The van der Waals surface area contributed by atoms with Crippen molar-refractivity contribution in [2.24, 2.45) is 0 Å². The number of carboxylic acid groups (broad SMARTS) is 1. The number of nitrogens with one attached hydrogen (secondary N) is 1. The molecule has 1 aliphatic rings. The van der Waals surface area contributed by atoms with Crippen molar-refractivity contribution >= 4 is 12.0 Å². The summed E-state index contributed by atoms with van der Waals surface area (Å²) in [4.78, 5) is 35.3. The van der Waals surface area contributed by atoms with Crippen molar-refractivity contribution in [3.05, 3.63) is 51.7 Å². The molecule has 1 fully saturated rings. The highest BCUT2D eigenvalue weighted by Gasteiger charge is 2.36. The Kier molecular flexibility index (Phi) is 6.56. The molecule has 14 heteroatoms. The monoisotopic (exact) mass is 479 g/mol. The predicted octanol–water partition coefficient (Wildman–Crippen LogP) is 3.56. The number of hydrogen-bond donors (Lipinski definition) is 2. The molecule has 3 heterocycles. The second kappa shape index (κ2) is 8.90. The SMILES string of the molecule is CC(CC1CN(c2ncc(C(F)(F)F)cn2)CCN1C(=O)O)c1c[nH]c(=O)c(C(F)(F)F)c1. The minimum Gasteiger partial charge on any atom is -0.465 e. The highest BCUT2D eigenvalue weighted by molar-refractivity contribution is 5.66. The Hall–Kier alpha value is -3.32. The van der Waals surface area contributed by atoms with E-state index in [2.05, 4.69) is 15.0 Å². The lowest BCUT2D eigenvalue weighted by molar-refractivity contribution is -0.139. The van der Waals surface area contributed by atoms with Gasteiger partial charge in [-0.15, -0.1) is 0 Å². The molecule has 3 rings (SSSR count). The van der Waals surface area contributed by atoms with Crippen LogP contribution in [0.3, 0.4) is 0 Å². The second-order valence-corrected chi connectivity index (χ2v) is 7.66. The van der Waals surface area contributed by atoms with Crippen LogP contribution in [-0.2, 0) is 12.4 Å². The van der Waals surface area contributed by atoms with Crippen LogP contribution in [0.25, 0.3) is 0 Å². The summed E-state index contributed by atoms with van der Waals surface area (Å²) in [6.45, 7) is 1.73. The lowest BCUT2D eigenvalue weighted by atomic mass is 9.92. The molecule has 1 saturated heterocycles. The van der Waals surface area contributed by atoms with Crippen molar-refractivity contribution in [3.63, 3.8) is 0 Å². The molecule has 1 amide bonds. The summed E-state index contributed by atoms with van der Waals surface area (Å²) in [6, 6.07) is 0.0205. The van der Waals surface area contributed by atoms with E-state index in [1.807, 2.05) is 0 Å². The van der Waals surface area contributed by atoms with Gasteiger partial charge in [0.05, 0.1) is 11.6 Å². The van der Waals surface area contributed by atoms with Crippen LogP contribution in [0.1, 0.15) is 36.0 Å². The van der Waals surface area contributed by atoms with E-state index in [0.29, 0.717) is 12.4 Å². The maximum Gasteiger partial charge on any atom is 0.421 e. The van der Waals surface area contributed by atoms with Gasteiger partial charge in [-0.05, 0) is 24.0 Å². The number of aromatic nitrogens is 3. The van der Waals surface area contributed by atoms with Crippen LogP contribution in [-0.4, -0.2) is 56.7 Å². The van der Waals surface area contributed by atoms with E-state index in [-0.39, 0.29) is 37.6 Å². The molecular weight excluding hydrogens is 460 g/mol. The first-order valence-corrected chi connectivity index (χ1v) is 9.71. The number of pyridine rings is 1. The van der Waals surface area contributed by atoms with Crippen molar-refractivity contribution in [1.29, 1.82) is 0 Å². The Morgan fingerprint density at radius 3 is 2.36 bits per heavy atom. The minimum absolute atomic E-state index is 0.00345. The van der Waals surface area contributed by atoms with Gasteiger partial charge in [0.15, 0.2) is 0 Å². The molecule has 8 nitrogen and oxygen atoms in total. The van der Waals surface area contributed by atoms with Gasteiger partial charge in [0.1, 0.15) is 5.56 Å². The van der Waals surface area contributed by atoms with E-state index in [1.165, 1.54) is 4.90 Å². The minimum atomic E-state index is -4.85. The van der Waals surface area contributed by atoms with Crippen molar-refractivity contribution in [2.75, 3.05) is 24.5 Å². The molecule has 0 radical (unpaired) electrons. The van der Waals surface area contributed by atoms with Crippen molar-refractivity contribution in [3.8, 4) is 0 Å². The standard InChI is InChI=1S/C19H19F6N5O3/c1-10(11-5-14(19(23,24)25)15(31)26-6-11)4-13-9-29(2-3-30(13)17(32)33)16-27-7-12(8-28-16)18(20,21)22/h5-8,10,13H,2-4,9H2,1H3,(H,26,31)(H,32,33). The van der Waals surface area contributed by atoms with Gasteiger partial charge in [0.2, 0.25) is 5.95 Å². The number of halogens is 6. The third-order valence-electron chi connectivity index (χ3n) is 5.40. The lowest BCUT2D eigenvalue weighted by Crippen LogP contribution is -2.55. The molecule has 0 saturated carbocycles. The Balaban J connectivity index is 1.81. The topological polar surface area (TPSA) is 102 Å². The van der Waals surface area contributed by atoms with Crippen LogP contribution in [0.5, 0.6) is 0 Å². The third kappa shape index (κ3) is 5.54. The number of amides is 1. The highest BCUT2D eigenvalue weighted by Crippen LogP contribution is 2.31. The molecular formula is C19H19F6N5O3. The molecule has 2 aromatic heterocycles. The maximum atomic E-state index is 13.1. The zero-order chi connectivity index (χ0) is 24.6. The molecule has 0 aliphatic carbocycles. The average molecular weight is 479 g/mol. The van der Waals surface area contributed by atoms with E-state index in [4.69, 9.17) is 0 Å². The van der Waals surface area contributed by atoms with Gasteiger partial charge < -0.3 is 19.9 Å². The summed E-state index contributed by atoms with van der Waals surface area (Å²) in [5.74, 6) is -0.600. The van der Waals surface area contributed by atoms with Gasteiger partial charge in [-0.3, -0.25) is 4.79 Å². The zero-order valence-corrected chi connectivity index (χ0v) is 17.1. The Morgan fingerprint density at radius 1 is 1.18 bits per heavy atom. The van der Waals surface area contributed by atoms with E-state index in [0.717, 1.165) is 17.2 Å². The van der Waals surface area contributed by atoms with Gasteiger partial charge in [-0.1, -0.05) is 6.92 Å². The molecule has 2 aromatic rings. The Labute approximate surface area is 182 Å². The molecule has 1 aliphatic heterocycles. The summed E-state index contributed by atoms with van der Waals surface area (Å²) >= 11 is 0. The van der Waals surface area contributed by atoms with Crippen LogP contribution in [0.2, 0.25) is 0 Å². The van der Waals surface area contributed by atoms with Crippen LogP contribution in [0.4, 0.5) is 37.1 Å². The summed E-state index contributed by atoms with van der Waals surface area (Å²) in [5.41, 5.74) is -3.51. The van der Waals surface area contributed by atoms with Crippen molar-refractivity contribution < 1.29 is 36.2 Å². The highest BCUT2D eigenvalue weighted by atomic mass is 19.4. The van der Waals surface area contributed by atoms with E-state index >= 15 is 0 Å². The van der Waals surface area contributed by atoms with Gasteiger partial charge in [0, 0.05) is 38.2 Å². The summed E-state index contributed by atoms with van der Waals surface area (Å²) in [5, 5.41) is 9.52. The molecule has 33 heavy (non-hydrogen) atoms. The number of hydrogen-bond acceptors (Lipinski definition) is 5. The first-order chi connectivity index (χ1) is 15.3. The Bertz CT molecular complexity index is 1050. The van der Waals surface area contributed by atoms with Crippen molar-refractivity contribution in [1.82, 2.24) is 19.9 Å². The quantitative estimate of drug-likeness (QED) is 0.651. The van der Waals surface area contributed by atoms with Gasteiger partial charge >= 0.3 is 18.4 Å². The summed E-state index contributed by atoms with van der Waals surface area (Å²) < 4.78 is 77.4. The summed E-state index contributed by atoms with van der Waals surface area (Å²) in [6.07, 6.45) is -8.20. The van der Waals surface area contributed by atoms with Crippen LogP contribution in [0, 0.1) is 0 Å². The van der Waals surface area contributed by atoms with E-state index < -0.39 is 47.1 Å². The number of alkyl halides is 6. The average Bonchev–Trinajstić information content (AvgIpc) is 2.72. The lowest BCUT2D eigenvalue weighted by Gasteiger charge is -2.41. The number of H-pyrrole nitrogens is 1. The first-order valence-electron chi connectivity index (χ1n) is 9.71. The predicted molar refractivity (Wildman–Crippen MR) is 103 cm³/mol. The molecule has 180 valence electrons. The number of rotatable bonds is 4. The molecule has 0 bridgehead atoms. The zero-order valence-electron chi connectivity index (χ0n) is 17.1.